The second-order valence-corrected chi connectivity index (χ2v) is 3.04. The summed E-state index contributed by atoms with van der Waals surface area (Å²) >= 11 is 4.02. The largest absolute Gasteiger partial charge is 0.504 e. The summed E-state index contributed by atoms with van der Waals surface area (Å²) in [6.07, 6.45) is 3.61. The van der Waals surface area contributed by atoms with Crippen LogP contribution in [0.2, 0.25) is 0 Å². The van der Waals surface area contributed by atoms with Crippen molar-refractivity contribution < 1.29 is 14.9 Å². The number of benzene rings is 1. The van der Waals surface area contributed by atoms with E-state index in [-0.39, 0.29) is 17.2 Å². The lowest BCUT2D eigenvalue weighted by molar-refractivity contribution is 0.351. The van der Waals surface area contributed by atoms with E-state index >= 15 is 0 Å². The molecule has 0 unspecified atom stereocenters. The smallest absolute Gasteiger partial charge is 0.200 e. The van der Waals surface area contributed by atoms with Gasteiger partial charge in [0.15, 0.2) is 11.5 Å². The van der Waals surface area contributed by atoms with Crippen molar-refractivity contribution in [2.75, 3.05) is 12.9 Å². The predicted molar refractivity (Wildman–Crippen MR) is 59.2 cm³/mol. The van der Waals surface area contributed by atoms with Gasteiger partial charge in [-0.1, -0.05) is 12.2 Å². The van der Waals surface area contributed by atoms with E-state index in [2.05, 4.69) is 12.6 Å². The third-order valence-electron chi connectivity index (χ3n) is 1.71. The molecule has 0 aliphatic heterocycles. The van der Waals surface area contributed by atoms with Gasteiger partial charge in [0.05, 0.1) is 7.11 Å². The van der Waals surface area contributed by atoms with E-state index in [0.717, 1.165) is 5.56 Å². The molecule has 1 aromatic rings. The Balaban J connectivity index is 3.09. The van der Waals surface area contributed by atoms with E-state index in [1.54, 1.807) is 12.1 Å². The van der Waals surface area contributed by atoms with Gasteiger partial charge in [0.25, 0.3) is 0 Å². The second kappa shape index (κ2) is 4.81. The lowest BCUT2D eigenvalue weighted by Gasteiger charge is -2.06. The van der Waals surface area contributed by atoms with Crippen molar-refractivity contribution in [3.8, 4) is 17.2 Å². The monoisotopic (exact) mass is 212 g/mol. The van der Waals surface area contributed by atoms with Crippen LogP contribution in [0.1, 0.15) is 5.56 Å². The molecule has 0 bridgehead atoms. The van der Waals surface area contributed by atoms with Crippen molar-refractivity contribution >= 4 is 18.7 Å². The van der Waals surface area contributed by atoms with Gasteiger partial charge in [0, 0.05) is 5.75 Å². The van der Waals surface area contributed by atoms with Crippen molar-refractivity contribution in [1.29, 1.82) is 0 Å². The molecule has 3 nitrogen and oxygen atoms in total. The standard InChI is InChI=1S/C10H12O3S/c1-13-9-6-7(3-2-4-14)5-8(11)10(9)12/h2-3,5-6,11-12,14H,4H2,1H3. The Morgan fingerprint density at radius 1 is 1.43 bits per heavy atom. The summed E-state index contributed by atoms with van der Waals surface area (Å²) in [6, 6.07) is 3.09. The Hall–Kier alpha value is -1.29. The summed E-state index contributed by atoms with van der Waals surface area (Å²) in [6.45, 7) is 0. The molecule has 0 amide bonds. The normalized spacial score (nSPS) is 10.7. The molecule has 0 atom stereocenters. The lowest BCUT2D eigenvalue weighted by Crippen LogP contribution is -1.85. The maximum Gasteiger partial charge on any atom is 0.200 e. The first-order valence-electron chi connectivity index (χ1n) is 4.06. The highest BCUT2D eigenvalue weighted by Crippen LogP contribution is 2.36. The molecule has 0 aliphatic rings. The molecule has 4 heteroatoms. The van der Waals surface area contributed by atoms with Crippen molar-refractivity contribution in [3.63, 3.8) is 0 Å². The van der Waals surface area contributed by atoms with E-state index in [1.165, 1.54) is 13.2 Å². The van der Waals surface area contributed by atoms with Gasteiger partial charge in [-0.2, -0.15) is 12.6 Å². The number of aromatic hydroxyl groups is 2. The van der Waals surface area contributed by atoms with Gasteiger partial charge in [-0.25, -0.2) is 0 Å². The van der Waals surface area contributed by atoms with Gasteiger partial charge in [0.2, 0.25) is 5.75 Å². The molecule has 14 heavy (non-hydrogen) atoms. The Labute approximate surface area is 88.1 Å². The van der Waals surface area contributed by atoms with Crippen LogP contribution in [0.15, 0.2) is 18.2 Å². The van der Waals surface area contributed by atoms with Gasteiger partial charge in [-0.05, 0) is 17.7 Å². The van der Waals surface area contributed by atoms with E-state index < -0.39 is 0 Å². The van der Waals surface area contributed by atoms with Gasteiger partial charge >= 0.3 is 0 Å². The summed E-state index contributed by atoms with van der Waals surface area (Å²) in [5, 5.41) is 18.7. The van der Waals surface area contributed by atoms with Crippen molar-refractivity contribution in [3.05, 3.63) is 23.8 Å². The Bertz CT molecular complexity index is 347. The molecule has 76 valence electrons. The fraction of sp³-hybridized carbons (Fsp3) is 0.200. The molecule has 0 spiro atoms. The Morgan fingerprint density at radius 2 is 2.14 bits per heavy atom. The van der Waals surface area contributed by atoms with Crippen molar-refractivity contribution in [2.45, 2.75) is 0 Å². The summed E-state index contributed by atoms with van der Waals surface area (Å²) in [4.78, 5) is 0. The molecule has 0 aromatic heterocycles. The minimum Gasteiger partial charge on any atom is -0.504 e. The van der Waals surface area contributed by atoms with Gasteiger partial charge < -0.3 is 14.9 Å². The first-order valence-corrected chi connectivity index (χ1v) is 4.69. The molecule has 1 aromatic carbocycles. The average Bonchev–Trinajstić information content (AvgIpc) is 2.19. The maximum atomic E-state index is 9.33. The summed E-state index contributed by atoms with van der Waals surface area (Å²) in [5.41, 5.74) is 0.756. The van der Waals surface area contributed by atoms with Crippen LogP contribution in [0.3, 0.4) is 0 Å². The van der Waals surface area contributed by atoms with Crippen LogP contribution < -0.4 is 4.74 Å². The van der Waals surface area contributed by atoms with Crippen LogP contribution in [0.4, 0.5) is 0 Å². The van der Waals surface area contributed by atoms with Gasteiger partial charge in [-0.3, -0.25) is 0 Å². The van der Waals surface area contributed by atoms with E-state index in [1.807, 2.05) is 6.08 Å². The van der Waals surface area contributed by atoms with Crippen molar-refractivity contribution in [2.24, 2.45) is 0 Å². The molecular formula is C10H12O3S. The topological polar surface area (TPSA) is 49.7 Å². The molecule has 0 saturated heterocycles. The first-order chi connectivity index (χ1) is 6.69. The maximum absolute atomic E-state index is 9.33. The molecular weight excluding hydrogens is 200 g/mol. The highest BCUT2D eigenvalue weighted by Gasteiger charge is 2.07. The molecule has 2 N–H and O–H groups in total. The minimum absolute atomic E-state index is 0.192. The fourth-order valence-corrected chi connectivity index (χ4v) is 1.16. The molecule has 0 aliphatic carbocycles. The average molecular weight is 212 g/mol. The van der Waals surface area contributed by atoms with Crippen LogP contribution in [0, 0.1) is 0 Å². The van der Waals surface area contributed by atoms with Gasteiger partial charge in [0.1, 0.15) is 0 Å². The Kier molecular flexibility index (Phi) is 3.71. The van der Waals surface area contributed by atoms with Crippen LogP contribution in [-0.4, -0.2) is 23.1 Å². The van der Waals surface area contributed by atoms with Crippen LogP contribution in [0.5, 0.6) is 17.2 Å². The third kappa shape index (κ3) is 2.35. The second-order valence-electron chi connectivity index (χ2n) is 2.68. The zero-order chi connectivity index (χ0) is 10.6. The number of hydrogen-bond acceptors (Lipinski definition) is 4. The summed E-state index contributed by atoms with van der Waals surface area (Å²) < 4.78 is 4.88. The van der Waals surface area contributed by atoms with Crippen molar-refractivity contribution in [1.82, 2.24) is 0 Å². The molecule has 0 fully saturated rings. The summed E-state index contributed by atoms with van der Waals surface area (Å²) in [5.74, 6) is 0.437. The number of thiol groups is 1. The zero-order valence-corrected chi connectivity index (χ0v) is 8.66. The number of methoxy groups -OCH3 is 1. The van der Waals surface area contributed by atoms with Gasteiger partial charge in [-0.15, -0.1) is 0 Å². The highest BCUT2D eigenvalue weighted by atomic mass is 32.1. The van der Waals surface area contributed by atoms with Crippen LogP contribution in [-0.2, 0) is 0 Å². The van der Waals surface area contributed by atoms with E-state index in [0.29, 0.717) is 5.75 Å². The molecule has 0 radical (unpaired) electrons. The van der Waals surface area contributed by atoms with Crippen LogP contribution in [0.25, 0.3) is 6.08 Å². The zero-order valence-electron chi connectivity index (χ0n) is 7.77. The third-order valence-corrected chi connectivity index (χ3v) is 1.92. The molecule has 1 rings (SSSR count). The number of rotatable bonds is 3. The number of phenolic OH excluding ortho intramolecular Hbond substituents is 2. The molecule has 0 saturated carbocycles. The highest BCUT2D eigenvalue weighted by molar-refractivity contribution is 7.80. The number of hydrogen-bond donors (Lipinski definition) is 3. The SMILES string of the molecule is COc1cc(C=CCS)cc(O)c1O. The quantitative estimate of drug-likeness (QED) is 0.531. The minimum atomic E-state index is -0.240. The van der Waals surface area contributed by atoms with E-state index in [4.69, 9.17) is 4.74 Å². The molecule has 0 heterocycles. The number of ether oxygens (including phenoxy) is 1. The lowest BCUT2D eigenvalue weighted by atomic mass is 10.1. The van der Waals surface area contributed by atoms with Crippen LogP contribution >= 0.6 is 12.6 Å². The fourth-order valence-electron chi connectivity index (χ4n) is 1.05. The number of phenols is 2. The Morgan fingerprint density at radius 3 is 2.71 bits per heavy atom. The predicted octanol–water partition coefficient (Wildman–Crippen LogP) is 2.05. The summed E-state index contributed by atoms with van der Waals surface area (Å²) in [7, 11) is 1.43. The first kappa shape index (κ1) is 10.8. The van der Waals surface area contributed by atoms with E-state index in [9.17, 15) is 10.2 Å².